The van der Waals surface area contributed by atoms with Crippen LogP contribution in [0.25, 0.3) is 0 Å². The molecule has 2 N–H and O–H groups in total. The van der Waals surface area contributed by atoms with E-state index in [9.17, 15) is 0 Å². The van der Waals surface area contributed by atoms with E-state index in [1.54, 1.807) is 0 Å². The zero-order valence-corrected chi connectivity index (χ0v) is 12.6. The highest BCUT2D eigenvalue weighted by Gasteiger charge is 2.28. The fourth-order valence-corrected chi connectivity index (χ4v) is 3.35. The third kappa shape index (κ3) is 3.71. The van der Waals surface area contributed by atoms with Gasteiger partial charge in [-0.15, -0.1) is 0 Å². The van der Waals surface area contributed by atoms with Gasteiger partial charge in [-0.3, -0.25) is 4.90 Å². The van der Waals surface area contributed by atoms with E-state index in [2.05, 4.69) is 24.0 Å². The molecule has 1 aromatic carbocycles. The van der Waals surface area contributed by atoms with E-state index in [1.165, 1.54) is 44.2 Å². The SMILES string of the molecule is CCCC1CCCCN1C(CN)c1ccc(Cl)cc1. The van der Waals surface area contributed by atoms with Crippen molar-refractivity contribution in [3.05, 3.63) is 34.9 Å². The summed E-state index contributed by atoms with van der Waals surface area (Å²) in [6, 6.07) is 9.23. The summed E-state index contributed by atoms with van der Waals surface area (Å²) in [7, 11) is 0. The fourth-order valence-electron chi connectivity index (χ4n) is 3.22. The van der Waals surface area contributed by atoms with Crippen molar-refractivity contribution in [1.29, 1.82) is 0 Å². The van der Waals surface area contributed by atoms with Gasteiger partial charge in [0, 0.05) is 23.7 Å². The molecule has 2 nitrogen and oxygen atoms in total. The highest BCUT2D eigenvalue weighted by Crippen LogP contribution is 2.30. The summed E-state index contributed by atoms with van der Waals surface area (Å²) in [6.07, 6.45) is 6.50. The van der Waals surface area contributed by atoms with Crippen LogP contribution in [0.1, 0.15) is 50.6 Å². The predicted molar refractivity (Wildman–Crippen MR) is 82.5 cm³/mol. The molecule has 0 aromatic heterocycles. The van der Waals surface area contributed by atoms with E-state index in [-0.39, 0.29) is 0 Å². The van der Waals surface area contributed by atoms with Gasteiger partial charge in [0.05, 0.1) is 0 Å². The van der Waals surface area contributed by atoms with E-state index in [1.807, 2.05) is 12.1 Å². The minimum atomic E-state index is 0.342. The molecule has 0 bridgehead atoms. The van der Waals surface area contributed by atoms with E-state index >= 15 is 0 Å². The average Bonchev–Trinajstić information content (AvgIpc) is 2.44. The standard InChI is InChI=1S/C16H25ClN2/c1-2-5-15-6-3-4-11-19(15)16(12-18)13-7-9-14(17)10-8-13/h7-10,15-16H,2-6,11-12,18H2,1H3. The van der Waals surface area contributed by atoms with E-state index in [0.717, 1.165) is 5.02 Å². The summed E-state index contributed by atoms with van der Waals surface area (Å²) in [6.45, 7) is 4.13. The summed E-state index contributed by atoms with van der Waals surface area (Å²) in [5.74, 6) is 0. The Hall–Kier alpha value is -0.570. The van der Waals surface area contributed by atoms with Gasteiger partial charge in [0.2, 0.25) is 0 Å². The number of nitrogens with two attached hydrogens (primary N) is 1. The van der Waals surface area contributed by atoms with Crippen LogP contribution < -0.4 is 5.73 Å². The van der Waals surface area contributed by atoms with Crippen molar-refractivity contribution < 1.29 is 0 Å². The molecule has 1 aromatic rings. The van der Waals surface area contributed by atoms with Crippen LogP contribution >= 0.6 is 11.6 Å². The first-order valence-corrected chi connectivity index (χ1v) is 7.85. The monoisotopic (exact) mass is 280 g/mol. The zero-order valence-electron chi connectivity index (χ0n) is 11.8. The molecule has 0 amide bonds. The zero-order chi connectivity index (χ0) is 13.7. The molecule has 19 heavy (non-hydrogen) atoms. The van der Waals surface area contributed by atoms with Crippen LogP contribution in [-0.2, 0) is 0 Å². The lowest BCUT2D eigenvalue weighted by molar-refractivity contribution is 0.0913. The fraction of sp³-hybridized carbons (Fsp3) is 0.625. The lowest BCUT2D eigenvalue weighted by atomic mass is 9.94. The summed E-state index contributed by atoms with van der Waals surface area (Å²) < 4.78 is 0. The summed E-state index contributed by atoms with van der Waals surface area (Å²) in [5.41, 5.74) is 7.36. The van der Waals surface area contributed by atoms with E-state index in [4.69, 9.17) is 17.3 Å². The Morgan fingerprint density at radius 1 is 1.32 bits per heavy atom. The molecule has 0 spiro atoms. The van der Waals surface area contributed by atoms with Crippen molar-refractivity contribution in [1.82, 2.24) is 4.90 Å². The molecule has 106 valence electrons. The summed E-state index contributed by atoms with van der Waals surface area (Å²) in [5, 5.41) is 0.795. The van der Waals surface area contributed by atoms with Gasteiger partial charge in [-0.2, -0.15) is 0 Å². The van der Waals surface area contributed by atoms with Crippen LogP contribution in [0.2, 0.25) is 5.02 Å². The molecule has 2 rings (SSSR count). The molecule has 1 heterocycles. The summed E-state index contributed by atoms with van der Waals surface area (Å²) >= 11 is 5.98. The predicted octanol–water partition coefficient (Wildman–Crippen LogP) is 3.99. The maximum Gasteiger partial charge on any atom is 0.0473 e. The van der Waals surface area contributed by atoms with Crippen LogP contribution in [0.5, 0.6) is 0 Å². The highest BCUT2D eigenvalue weighted by molar-refractivity contribution is 6.30. The first-order valence-electron chi connectivity index (χ1n) is 7.47. The average molecular weight is 281 g/mol. The number of halogens is 1. The van der Waals surface area contributed by atoms with Crippen LogP contribution in [0.15, 0.2) is 24.3 Å². The van der Waals surface area contributed by atoms with Crippen molar-refractivity contribution in [2.45, 2.75) is 51.1 Å². The van der Waals surface area contributed by atoms with Gasteiger partial charge in [0.25, 0.3) is 0 Å². The second kappa shape index (κ2) is 7.28. The molecule has 1 saturated heterocycles. The van der Waals surface area contributed by atoms with Crippen LogP contribution in [-0.4, -0.2) is 24.0 Å². The van der Waals surface area contributed by atoms with Crippen LogP contribution in [0, 0.1) is 0 Å². The van der Waals surface area contributed by atoms with Gasteiger partial charge in [0.15, 0.2) is 0 Å². The largest absolute Gasteiger partial charge is 0.329 e. The lowest BCUT2D eigenvalue weighted by Gasteiger charge is -2.41. The molecule has 1 aliphatic heterocycles. The number of hydrogen-bond donors (Lipinski definition) is 1. The van der Waals surface area contributed by atoms with Crippen LogP contribution in [0.4, 0.5) is 0 Å². The Morgan fingerprint density at radius 3 is 2.68 bits per heavy atom. The number of nitrogens with zero attached hydrogens (tertiary/aromatic N) is 1. The Balaban J connectivity index is 2.16. The molecular formula is C16H25ClN2. The minimum absolute atomic E-state index is 0.342. The lowest BCUT2D eigenvalue weighted by Crippen LogP contribution is -2.44. The molecule has 2 atom stereocenters. The first kappa shape index (κ1) is 14.8. The van der Waals surface area contributed by atoms with Crippen molar-refractivity contribution in [2.24, 2.45) is 5.73 Å². The maximum absolute atomic E-state index is 6.06. The topological polar surface area (TPSA) is 29.3 Å². The Bertz CT molecular complexity index is 375. The highest BCUT2D eigenvalue weighted by atomic mass is 35.5. The molecule has 0 radical (unpaired) electrons. The van der Waals surface area contributed by atoms with E-state index in [0.29, 0.717) is 18.6 Å². The molecule has 1 fully saturated rings. The summed E-state index contributed by atoms with van der Waals surface area (Å²) in [4.78, 5) is 2.62. The van der Waals surface area contributed by atoms with Gasteiger partial charge in [-0.25, -0.2) is 0 Å². The van der Waals surface area contributed by atoms with Gasteiger partial charge in [-0.05, 0) is 43.5 Å². The van der Waals surface area contributed by atoms with Gasteiger partial charge in [-0.1, -0.05) is 43.5 Å². The van der Waals surface area contributed by atoms with Gasteiger partial charge < -0.3 is 5.73 Å². The molecule has 2 unspecified atom stereocenters. The quantitative estimate of drug-likeness (QED) is 0.883. The number of likely N-dealkylation sites (tertiary alicyclic amines) is 1. The number of piperidine rings is 1. The smallest absolute Gasteiger partial charge is 0.0473 e. The second-order valence-electron chi connectivity index (χ2n) is 5.48. The maximum atomic E-state index is 6.06. The number of benzene rings is 1. The Labute approximate surface area is 121 Å². The number of hydrogen-bond acceptors (Lipinski definition) is 2. The minimum Gasteiger partial charge on any atom is -0.329 e. The van der Waals surface area contributed by atoms with Crippen molar-refractivity contribution in [2.75, 3.05) is 13.1 Å². The van der Waals surface area contributed by atoms with Gasteiger partial charge >= 0.3 is 0 Å². The molecule has 1 aliphatic rings. The molecular weight excluding hydrogens is 256 g/mol. The second-order valence-corrected chi connectivity index (χ2v) is 5.92. The first-order chi connectivity index (χ1) is 9.26. The third-order valence-corrected chi connectivity index (χ3v) is 4.42. The molecule has 0 saturated carbocycles. The van der Waals surface area contributed by atoms with Crippen molar-refractivity contribution in [3.8, 4) is 0 Å². The molecule has 3 heteroatoms. The van der Waals surface area contributed by atoms with Crippen LogP contribution in [0.3, 0.4) is 0 Å². The number of rotatable bonds is 5. The van der Waals surface area contributed by atoms with E-state index < -0.39 is 0 Å². The van der Waals surface area contributed by atoms with Crippen molar-refractivity contribution in [3.63, 3.8) is 0 Å². The normalized spacial score (nSPS) is 22.4. The third-order valence-electron chi connectivity index (χ3n) is 4.17. The Kier molecular flexibility index (Phi) is 5.68. The van der Waals surface area contributed by atoms with Crippen molar-refractivity contribution >= 4 is 11.6 Å². The van der Waals surface area contributed by atoms with Gasteiger partial charge in [0.1, 0.15) is 0 Å². The molecule has 0 aliphatic carbocycles. The Morgan fingerprint density at radius 2 is 2.05 bits per heavy atom.